The zero-order chi connectivity index (χ0) is 9.97. The second kappa shape index (κ2) is 3.94. The maximum absolute atomic E-state index is 13.1. The lowest BCUT2D eigenvalue weighted by atomic mass is 10.2. The van der Waals surface area contributed by atoms with E-state index in [4.69, 9.17) is 4.74 Å². The van der Waals surface area contributed by atoms with Gasteiger partial charge in [-0.3, -0.25) is 0 Å². The zero-order valence-corrected chi connectivity index (χ0v) is 7.61. The Bertz CT molecular complexity index is 319. The van der Waals surface area contributed by atoms with Crippen molar-refractivity contribution < 1.29 is 14.2 Å². The topological polar surface area (TPSA) is 41.5 Å². The van der Waals surface area contributed by atoms with Crippen molar-refractivity contribution in [3.63, 3.8) is 0 Å². The summed E-state index contributed by atoms with van der Waals surface area (Å²) in [5.41, 5.74) is 0. The fourth-order valence-electron chi connectivity index (χ4n) is 1.46. The highest BCUT2D eigenvalue weighted by molar-refractivity contribution is 5.24. The molecule has 3 nitrogen and oxygen atoms in total. The Morgan fingerprint density at radius 2 is 2.14 bits per heavy atom. The molecular formula is C10H12FNO2. The van der Waals surface area contributed by atoms with Crippen LogP contribution < -0.4 is 10.1 Å². The molecule has 14 heavy (non-hydrogen) atoms. The van der Waals surface area contributed by atoms with Crippen LogP contribution in [0.3, 0.4) is 0 Å². The van der Waals surface area contributed by atoms with E-state index in [1.54, 1.807) is 18.2 Å². The number of para-hydroxylation sites is 1. The fraction of sp³-hybridized carbons (Fsp3) is 0.400. The fourth-order valence-corrected chi connectivity index (χ4v) is 1.46. The molecule has 1 aliphatic rings. The molecule has 0 spiro atoms. The number of hydrogen-bond donors (Lipinski definition) is 2. The zero-order valence-electron chi connectivity index (χ0n) is 7.61. The van der Waals surface area contributed by atoms with Crippen LogP contribution in [0, 0.1) is 5.82 Å². The van der Waals surface area contributed by atoms with Crippen molar-refractivity contribution in [2.24, 2.45) is 0 Å². The summed E-state index contributed by atoms with van der Waals surface area (Å²) in [5.74, 6) is -0.202. The van der Waals surface area contributed by atoms with Gasteiger partial charge >= 0.3 is 0 Å². The number of halogens is 1. The first kappa shape index (κ1) is 9.43. The quantitative estimate of drug-likeness (QED) is 0.727. The van der Waals surface area contributed by atoms with Gasteiger partial charge in [-0.15, -0.1) is 0 Å². The summed E-state index contributed by atoms with van der Waals surface area (Å²) in [6, 6.07) is 6.20. The van der Waals surface area contributed by atoms with E-state index in [-0.39, 0.29) is 11.9 Å². The minimum atomic E-state index is -0.561. The molecule has 0 amide bonds. The highest BCUT2D eigenvalue weighted by atomic mass is 19.1. The van der Waals surface area contributed by atoms with Crippen LogP contribution in [0.15, 0.2) is 24.3 Å². The molecule has 1 aromatic rings. The molecule has 1 aromatic carbocycles. The Balaban J connectivity index is 2.07. The molecule has 2 N–H and O–H groups in total. The summed E-state index contributed by atoms with van der Waals surface area (Å²) in [6.07, 6.45) is -0.915. The smallest absolute Gasteiger partial charge is 0.165 e. The van der Waals surface area contributed by atoms with Gasteiger partial charge in [-0.25, -0.2) is 4.39 Å². The van der Waals surface area contributed by atoms with Crippen LogP contribution in [0.2, 0.25) is 0 Å². The maximum Gasteiger partial charge on any atom is 0.165 e. The summed E-state index contributed by atoms with van der Waals surface area (Å²) >= 11 is 0. The molecule has 1 aliphatic heterocycles. The Morgan fingerprint density at radius 3 is 2.79 bits per heavy atom. The molecule has 2 unspecified atom stereocenters. The lowest BCUT2D eigenvalue weighted by Crippen LogP contribution is -2.30. The molecule has 0 aliphatic carbocycles. The first-order valence-corrected chi connectivity index (χ1v) is 4.57. The van der Waals surface area contributed by atoms with Gasteiger partial charge < -0.3 is 15.2 Å². The van der Waals surface area contributed by atoms with Crippen LogP contribution in [0.5, 0.6) is 5.75 Å². The van der Waals surface area contributed by atoms with Gasteiger partial charge in [0.15, 0.2) is 11.6 Å². The van der Waals surface area contributed by atoms with Crippen LogP contribution in [0.4, 0.5) is 4.39 Å². The first-order chi connectivity index (χ1) is 6.77. The summed E-state index contributed by atoms with van der Waals surface area (Å²) in [6.45, 7) is 1.05. The molecule has 0 saturated carbocycles. The van der Waals surface area contributed by atoms with Crippen molar-refractivity contribution in [3.05, 3.63) is 30.1 Å². The lowest BCUT2D eigenvalue weighted by Gasteiger charge is -2.16. The van der Waals surface area contributed by atoms with E-state index in [2.05, 4.69) is 5.32 Å². The summed E-state index contributed by atoms with van der Waals surface area (Å²) in [7, 11) is 0. The average molecular weight is 197 g/mol. The van der Waals surface area contributed by atoms with E-state index in [1.165, 1.54) is 6.07 Å². The van der Waals surface area contributed by atoms with E-state index < -0.39 is 11.9 Å². The predicted octanol–water partition coefficient (Wildman–Crippen LogP) is 0.537. The standard InChI is InChI=1S/C10H12FNO2/c11-7-3-1-2-4-9(7)14-10-6-12-5-8(10)13/h1-4,8,10,12-13H,5-6H2. The Hall–Kier alpha value is -1.13. The van der Waals surface area contributed by atoms with Crippen LogP contribution in [0.1, 0.15) is 0 Å². The van der Waals surface area contributed by atoms with Crippen molar-refractivity contribution >= 4 is 0 Å². The van der Waals surface area contributed by atoms with E-state index in [1.807, 2.05) is 0 Å². The Kier molecular flexibility index (Phi) is 2.65. The molecule has 2 atom stereocenters. The third-order valence-electron chi connectivity index (χ3n) is 2.24. The van der Waals surface area contributed by atoms with E-state index >= 15 is 0 Å². The third kappa shape index (κ3) is 1.86. The van der Waals surface area contributed by atoms with Crippen LogP contribution >= 0.6 is 0 Å². The van der Waals surface area contributed by atoms with Gasteiger partial charge in [-0.2, -0.15) is 0 Å². The molecule has 0 radical (unpaired) electrons. The minimum absolute atomic E-state index is 0.195. The van der Waals surface area contributed by atoms with Gasteiger partial charge in [0.1, 0.15) is 12.2 Å². The molecule has 0 aromatic heterocycles. The highest BCUT2D eigenvalue weighted by Gasteiger charge is 2.27. The molecule has 0 bridgehead atoms. The summed E-state index contributed by atoms with van der Waals surface area (Å²) < 4.78 is 18.5. The number of benzene rings is 1. The number of ether oxygens (including phenoxy) is 1. The number of aliphatic hydroxyl groups excluding tert-OH is 1. The molecule has 1 fully saturated rings. The van der Waals surface area contributed by atoms with Crippen LogP contribution in [0.25, 0.3) is 0 Å². The van der Waals surface area contributed by atoms with Crippen molar-refractivity contribution in [1.82, 2.24) is 5.32 Å². The van der Waals surface area contributed by atoms with E-state index in [9.17, 15) is 9.50 Å². The summed E-state index contributed by atoms with van der Waals surface area (Å²) in [4.78, 5) is 0. The van der Waals surface area contributed by atoms with Gasteiger partial charge in [0.05, 0.1) is 0 Å². The molecule has 76 valence electrons. The highest BCUT2D eigenvalue weighted by Crippen LogP contribution is 2.18. The molecular weight excluding hydrogens is 185 g/mol. The maximum atomic E-state index is 13.1. The van der Waals surface area contributed by atoms with Crippen LogP contribution in [-0.4, -0.2) is 30.4 Å². The minimum Gasteiger partial charge on any atom is -0.483 e. The average Bonchev–Trinajstić information content (AvgIpc) is 2.56. The normalized spacial score (nSPS) is 26.4. The molecule has 1 saturated heterocycles. The van der Waals surface area contributed by atoms with Gasteiger partial charge in [-0.1, -0.05) is 12.1 Å². The molecule has 1 heterocycles. The van der Waals surface area contributed by atoms with Crippen molar-refractivity contribution in [1.29, 1.82) is 0 Å². The largest absolute Gasteiger partial charge is 0.483 e. The van der Waals surface area contributed by atoms with Gasteiger partial charge in [0, 0.05) is 13.1 Å². The van der Waals surface area contributed by atoms with E-state index in [0.29, 0.717) is 13.1 Å². The van der Waals surface area contributed by atoms with Crippen molar-refractivity contribution in [2.75, 3.05) is 13.1 Å². The molecule has 4 heteroatoms. The number of aliphatic hydroxyl groups is 1. The monoisotopic (exact) mass is 197 g/mol. The van der Waals surface area contributed by atoms with Crippen molar-refractivity contribution in [3.8, 4) is 5.75 Å². The second-order valence-electron chi connectivity index (χ2n) is 3.31. The lowest BCUT2D eigenvalue weighted by molar-refractivity contribution is 0.0710. The number of rotatable bonds is 2. The van der Waals surface area contributed by atoms with Gasteiger partial charge in [-0.05, 0) is 12.1 Å². The summed E-state index contributed by atoms with van der Waals surface area (Å²) in [5, 5.41) is 12.4. The first-order valence-electron chi connectivity index (χ1n) is 4.57. The number of nitrogens with one attached hydrogen (secondary N) is 1. The predicted molar refractivity (Wildman–Crippen MR) is 49.7 cm³/mol. The second-order valence-corrected chi connectivity index (χ2v) is 3.31. The molecule has 2 rings (SSSR count). The van der Waals surface area contributed by atoms with Crippen molar-refractivity contribution in [2.45, 2.75) is 12.2 Å². The number of β-amino-alcohol motifs (C(OH)–C–C–N with tert-alkyl or cyclic N) is 1. The Morgan fingerprint density at radius 1 is 1.36 bits per heavy atom. The number of hydrogen-bond acceptors (Lipinski definition) is 3. The van der Waals surface area contributed by atoms with Crippen LogP contribution in [-0.2, 0) is 0 Å². The van der Waals surface area contributed by atoms with Gasteiger partial charge in [0.2, 0.25) is 0 Å². The van der Waals surface area contributed by atoms with Gasteiger partial charge in [0.25, 0.3) is 0 Å². The van der Waals surface area contributed by atoms with E-state index in [0.717, 1.165) is 0 Å². The Labute approximate surface area is 81.5 Å². The third-order valence-corrected chi connectivity index (χ3v) is 2.24. The SMILES string of the molecule is OC1CNCC1Oc1ccccc1F.